The van der Waals surface area contributed by atoms with Crippen LogP contribution in [0, 0.1) is 10.1 Å². The van der Waals surface area contributed by atoms with Gasteiger partial charge in [-0.2, -0.15) is 0 Å². The Balaban J connectivity index is 2.09. The monoisotopic (exact) mass is 397 g/mol. The van der Waals surface area contributed by atoms with Gasteiger partial charge in [-0.1, -0.05) is 23.2 Å². The van der Waals surface area contributed by atoms with Gasteiger partial charge in [0.2, 0.25) is 0 Å². The maximum atomic E-state index is 12.2. The zero-order valence-electron chi connectivity index (χ0n) is 13.4. The lowest BCUT2D eigenvalue weighted by Gasteiger charge is -2.14. The van der Waals surface area contributed by atoms with Gasteiger partial charge < -0.3 is 15.8 Å². The molecular weight excluding hydrogens is 385 g/mol. The number of carbonyl (C=O) groups excluding carboxylic acids is 2. The number of nitrogen functional groups attached to an aromatic ring is 1. The molecule has 2 aromatic rings. The number of anilines is 2. The van der Waals surface area contributed by atoms with Crippen molar-refractivity contribution in [1.29, 1.82) is 0 Å². The SMILES string of the molecule is C[C@@H](OC(=O)c1ccc(N)c([N+](=O)[O-])c1)C(=O)Nc1cc(Cl)ccc1Cl. The van der Waals surface area contributed by atoms with Gasteiger partial charge in [0.1, 0.15) is 5.69 Å². The van der Waals surface area contributed by atoms with E-state index in [1.807, 2.05) is 0 Å². The Morgan fingerprint density at radius 2 is 1.92 bits per heavy atom. The Morgan fingerprint density at radius 3 is 2.58 bits per heavy atom. The molecule has 0 unspecified atom stereocenters. The summed E-state index contributed by atoms with van der Waals surface area (Å²) >= 11 is 11.8. The van der Waals surface area contributed by atoms with E-state index in [1.165, 1.54) is 31.2 Å². The van der Waals surface area contributed by atoms with Crippen LogP contribution in [0.1, 0.15) is 17.3 Å². The molecule has 1 amide bonds. The van der Waals surface area contributed by atoms with Crippen LogP contribution in [0.4, 0.5) is 17.1 Å². The highest BCUT2D eigenvalue weighted by atomic mass is 35.5. The minimum Gasteiger partial charge on any atom is -0.449 e. The number of hydrogen-bond acceptors (Lipinski definition) is 6. The summed E-state index contributed by atoms with van der Waals surface area (Å²) in [6.07, 6.45) is -1.19. The number of carbonyl (C=O) groups is 2. The highest BCUT2D eigenvalue weighted by Crippen LogP contribution is 2.26. The van der Waals surface area contributed by atoms with E-state index < -0.39 is 28.6 Å². The van der Waals surface area contributed by atoms with Crippen LogP contribution >= 0.6 is 23.2 Å². The van der Waals surface area contributed by atoms with Crippen molar-refractivity contribution in [1.82, 2.24) is 0 Å². The first-order valence-corrected chi connectivity index (χ1v) is 7.95. The Hall–Kier alpha value is -2.84. The van der Waals surface area contributed by atoms with Gasteiger partial charge in [-0.05, 0) is 37.3 Å². The molecule has 0 bridgehead atoms. The third-order valence-electron chi connectivity index (χ3n) is 3.30. The fourth-order valence-electron chi connectivity index (χ4n) is 1.94. The standard InChI is InChI=1S/C16H13Cl2N3O5/c1-8(15(22)20-13-7-10(17)3-4-11(13)18)26-16(23)9-2-5-12(19)14(6-9)21(24)25/h2-8H,19H2,1H3,(H,20,22)/t8-/m1/s1. The van der Waals surface area contributed by atoms with E-state index in [4.69, 9.17) is 33.7 Å². The summed E-state index contributed by atoms with van der Waals surface area (Å²) in [6, 6.07) is 7.96. The number of ether oxygens (including phenoxy) is 1. The van der Waals surface area contributed by atoms with Crippen molar-refractivity contribution in [3.05, 3.63) is 62.1 Å². The maximum Gasteiger partial charge on any atom is 0.339 e. The highest BCUT2D eigenvalue weighted by Gasteiger charge is 2.22. The second-order valence-corrected chi connectivity index (χ2v) is 6.04. The summed E-state index contributed by atoms with van der Waals surface area (Å²) in [7, 11) is 0. The lowest BCUT2D eigenvalue weighted by molar-refractivity contribution is -0.383. The van der Waals surface area contributed by atoms with Gasteiger partial charge in [-0.15, -0.1) is 0 Å². The number of benzene rings is 2. The lowest BCUT2D eigenvalue weighted by Crippen LogP contribution is -2.30. The smallest absolute Gasteiger partial charge is 0.339 e. The van der Waals surface area contributed by atoms with Crippen LogP contribution in [-0.2, 0) is 9.53 Å². The van der Waals surface area contributed by atoms with Crippen LogP contribution in [0.25, 0.3) is 0 Å². The quantitative estimate of drug-likeness (QED) is 0.343. The van der Waals surface area contributed by atoms with Crippen LogP contribution in [0.2, 0.25) is 10.0 Å². The molecule has 0 radical (unpaired) electrons. The van der Waals surface area contributed by atoms with Crippen LogP contribution < -0.4 is 11.1 Å². The van der Waals surface area contributed by atoms with Crippen LogP contribution in [0.5, 0.6) is 0 Å². The summed E-state index contributed by atoms with van der Waals surface area (Å²) in [5, 5.41) is 14.0. The van der Waals surface area contributed by atoms with Crippen molar-refractivity contribution in [2.24, 2.45) is 0 Å². The largest absolute Gasteiger partial charge is 0.449 e. The van der Waals surface area contributed by atoms with Gasteiger partial charge in [0, 0.05) is 11.1 Å². The van der Waals surface area contributed by atoms with Gasteiger partial charge in [0.05, 0.1) is 21.2 Å². The zero-order chi connectivity index (χ0) is 19.4. The van der Waals surface area contributed by atoms with E-state index in [0.717, 1.165) is 6.07 Å². The number of rotatable bonds is 5. The third-order valence-corrected chi connectivity index (χ3v) is 3.87. The Bertz CT molecular complexity index is 888. The first-order chi connectivity index (χ1) is 12.2. The molecule has 0 spiro atoms. The van der Waals surface area contributed by atoms with Crippen molar-refractivity contribution < 1.29 is 19.2 Å². The van der Waals surface area contributed by atoms with E-state index in [2.05, 4.69) is 5.32 Å². The normalized spacial score (nSPS) is 11.5. The summed E-state index contributed by atoms with van der Waals surface area (Å²) in [4.78, 5) is 34.4. The van der Waals surface area contributed by atoms with E-state index >= 15 is 0 Å². The van der Waals surface area contributed by atoms with Gasteiger partial charge in [0.25, 0.3) is 11.6 Å². The average molecular weight is 398 g/mol. The first kappa shape index (κ1) is 19.5. The molecule has 1 atom stereocenters. The van der Waals surface area contributed by atoms with Crippen LogP contribution in [0.3, 0.4) is 0 Å². The number of nitrogens with one attached hydrogen (secondary N) is 1. The van der Waals surface area contributed by atoms with Gasteiger partial charge in [0.15, 0.2) is 6.10 Å². The van der Waals surface area contributed by atoms with Crippen molar-refractivity contribution in [2.45, 2.75) is 13.0 Å². The van der Waals surface area contributed by atoms with Crippen LogP contribution in [-0.4, -0.2) is 22.9 Å². The molecule has 0 aliphatic rings. The second-order valence-electron chi connectivity index (χ2n) is 5.19. The predicted octanol–water partition coefficient (Wildman–Crippen LogP) is 3.67. The Labute approximate surface area is 158 Å². The minimum absolute atomic E-state index is 0.0899. The fraction of sp³-hybridized carbons (Fsp3) is 0.125. The molecule has 2 aromatic carbocycles. The van der Waals surface area contributed by atoms with Crippen molar-refractivity contribution >= 4 is 52.1 Å². The molecule has 0 aromatic heterocycles. The molecule has 26 heavy (non-hydrogen) atoms. The van der Waals surface area contributed by atoms with E-state index in [9.17, 15) is 19.7 Å². The summed E-state index contributed by atoms with van der Waals surface area (Å²) < 4.78 is 5.02. The number of halogens is 2. The molecule has 10 heteroatoms. The van der Waals surface area contributed by atoms with Gasteiger partial charge in [-0.25, -0.2) is 4.79 Å². The zero-order valence-corrected chi connectivity index (χ0v) is 14.9. The number of amides is 1. The number of nitrogens with zero attached hydrogens (tertiary/aromatic N) is 1. The molecule has 0 heterocycles. The third kappa shape index (κ3) is 4.62. The number of hydrogen-bond donors (Lipinski definition) is 2. The average Bonchev–Trinajstić information content (AvgIpc) is 2.58. The molecule has 0 saturated carbocycles. The molecule has 0 fully saturated rings. The first-order valence-electron chi connectivity index (χ1n) is 7.20. The van der Waals surface area contributed by atoms with E-state index in [-0.39, 0.29) is 22.0 Å². The molecule has 8 nitrogen and oxygen atoms in total. The predicted molar refractivity (Wildman–Crippen MR) is 97.5 cm³/mol. The Kier molecular flexibility index (Phi) is 6.01. The number of esters is 1. The summed E-state index contributed by atoms with van der Waals surface area (Å²) in [6.45, 7) is 1.34. The molecular formula is C16H13Cl2N3O5. The Morgan fingerprint density at radius 1 is 1.23 bits per heavy atom. The number of nitro benzene ring substituents is 1. The van der Waals surface area contributed by atoms with Crippen LogP contribution in [0.15, 0.2) is 36.4 Å². The fourth-order valence-corrected chi connectivity index (χ4v) is 2.28. The van der Waals surface area contributed by atoms with Gasteiger partial charge in [-0.3, -0.25) is 14.9 Å². The summed E-state index contributed by atoms with van der Waals surface area (Å²) in [5.41, 5.74) is 5.11. The molecule has 136 valence electrons. The van der Waals surface area contributed by atoms with E-state index in [1.54, 1.807) is 6.07 Å². The highest BCUT2D eigenvalue weighted by molar-refractivity contribution is 6.35. The lowest BCUT2D eigenvalue weighted by atomic mass is 10.2. The second kappa shape index (κ2) is 8.03. The molecule has 0 saturated heterocycles. The molecule has 0 aliphatic heterocycles. The summed E-state index contributed by atoms with van der Waals surface area (Å²) in [5.74, 6) is -1.56. The van der Waals surface area contributed by atoms with Crippen molar-refractivity contribution in [3.63, 3.8) is 0 Å². The van der Waals surface area contributed by atoms with E-state index in [0.29, 0.717) is 5.02 Å². The molecule has 2 rings (SSSR count). The van der Waals surface area contributed by atoms with Crippen molar-refractivity contribution in [2.75, 3.05) is 11.1 Å². The van der Waals surface area contributed by atoms with Crippen molar-refractivity contribution in [3.8, 4) is 0 Å². The number of nitrogens with two attached hydrogens (primary N) is 1. The minimum atomic E-state index is -1.19. The molecule has 0 aliphatic carbocycles. The number of nitro groups is 1. The maximum absolute atomic E-state index is 12.2. The molecule has 3 N–H and O–H groups in total. The van der Waals surface area contributed by atoms with Gasteiger partial charge >= 0.3 is 5.97 Å². The topological polar surface area (TPSA) is 125 Å².